The van der Waals surface area contributed by atoms with E-state index in [0.717, 1.165) is 18.2 Å². The highest BCUT2D eigenvalue weighted by Crippen LogP contribution is 2.21. The molecule has 1 aromatic heterocycles. The lowest BCUT2D eigenvalue weighted by molar-refractivity contribution is -0.385. The molecule has 9 heteroatoms. The molecular formula is C11H9FN4O4. The van der Waals surface area contributed by atoms with Gasteiger partial charge in [-0.05, 0) is 19.1 Å². The summed E-state index contributed by atoms with van der Waals surface area (Å²) in [5.41, 5.74) is -0.196. The summed E-state index contributed by atoms with van der Waals surface area (Å²) in [5.74, 6) is -1.87. The van der Waals surface area contributed by atoms with Gasteiger partial charge in [-0.1, -0.05) is 5.21 Å². The number of hydrogen-bond acceptors (Lipinski definition) is 5. The van der Waals surface area contributed by atoms with Gasteiger partial charge in [-0.2, -0.15) is 0 Å². The SMILES string of the molecule is Cc1c(C(=O)O)nnn1Cc1cc(F)ccc1[N+](=O)[O-]. The Balaban J connectivity index is 2.42. The number of nitro groups is 1. The quantitative estimate of drug-likeness (QED) is 0.669. The van der Waals surface area contributed by atoms with Crippen molar-refractivity contribution in [3.05, 3.63) is 51.1 Å². The Hall–Kier alpha value is -2.84. The van der Waals surface area contributed by atoms with Crippen LogP contribution < -0.4 is 0 Å². The standard InChI is InChI=1S/C11H9FN4O4/c1-6-10(11(17)18)13-14-15(6)5-7-4-8(12)2-3-9(7)16(19)20/h2-4H,5H2,1H3,(H,17,18). The van der Waals surface area contributed by atoms with E-state index in [1.165, 1.54) is 11.6 Å². The second-order valence-electron chi connectivity index (χ2n) is 4.02. The Morgan fingerprint density at radius 3 is 2.80 bits per heavy atom. The number of nitro benzene ring substituents is 1. The number of benzene rings is 1. The van der Waals surface area contributed by atoms with Crippen LogP contribution in [-0.2, 0) is 6.54 Å². The molecule has 0 unspecified atom stereocenters. The highest BCUT2D eigenvalue weighted by Gasteiger charge is 2.19. The predicted molar refractivity (Wildman–Crippen MR) is 63.9 cm³/mol. The first-order chi connectivity index (χ1) is 9.40. The first kappa shape index (κ1) is 13.6. The topological polar surface area (TPSA) is 111 Å². The minimum atomic E-state index is -1.25. The summed E-state index contributed by atoms with van der Waals surface area (Å²) in [6.45, 7) is 1.33. The van der Waals surface area contributed by atoms with Crippen LogP contribution in [0, 0.1) is 22.9 Å². The van der Waals surface area contributed by atoms with E-state index >= 15 is 0 Å². The number of rotatable bonds is 4. The predicted octanol–water partition coefficient (Wildman–Crippen LogP) is 1.38. The summed E-state index contributed by atoms with van der Waals surface area (Å²) in [6.07, 6.45) is 0. The van der Waals surface area contributed by atoms with Gasteiger partial charge in [0.25, 0.3) is 5.69 Å². The minimum Gasteiger partial charge on any atom is -0.476 e. The lowest BCUT2D eigenvalue weighted by atomic mass is 10.1. The molecule has 2 aromatic rings. The third-order valence-corrected chi connectivity index (χ3v) is 2.74. The van der Waals surface area contributed by atoms with Crippen LogP contribution in [0.1, 0.15) is 21.7 Å². The monoisotopic (exact) mass is 280 g/mol. The molecule has 0 radical (unpaired) electrons. The third kappa shape index (κ3) is 2.46. The molecule has 0 amide bonds. The average Bonchev–Trinajstić information content (AvgIpc) is 2.71. The fourth-order valence-corrected chi connectivity index (χ4v) is 1.73. The number of carboxylic acids is 1. The fraction of sp³-hybridized carbons (Fsp3) is 0.182. The summed E-state index contributed by atoms with van der Waals surface area (Å²) in [4.78, 5) is 21.1. The minimum absolute atomic E-state index is 0.0833. The highest BCUT2D eigenvalue weighted by molar-refractivity contribution is 5.86. The first-order valence-electron chi connectivity index (χ1n) is 5.46. The van der Waals surface area contributed by atoms with Gasteiger partial charge in [-0.3, -0.25) is 10.1 Å². The lowest BCUT2D eigenvalue weighted by Crippen LogP contribution is -2.08. The average molecular weight is 280 g/mol. The maximum atomic E-state index is 13.2. The normalized spacial score (nSPS) is 10.5. The first-order valence-corrected chi connectivity index (χ1v) is 5.46. The van der Waals surface area contributed by atoms with E-state index < -0.39 is 16.7 Å². The van der Waals surface area contributed by atoms with Crippen molar-refractivity contribution in [3.8, 4) is 0 Å². The molecule has 0 atom stereocenters. The molecule has 1 N–H and O–H groups in total. The molecule has 0 saturated heterocycles. The Morgan fingerprint density at radius 2 is 2.25 bits per heavy atom. The van der Waals surface area contributed by atoms with Crippen LogP contribution in [0.3, 0.4) is 0 Å². The van der Waals surface area contributed by atoms with E-state index in [1.54, 1.807) is 0 Å². The van der Waals surface area contributed by atoms with Crippen molar-refractivity contribution in [3.63, 3.8) is 0 Å². The molecule has 0 aliphatic rings. The molecule has 0 saturated carbocycles. The van der Waals surface area contributed by atoms with Crippen LogP contribution >= 0.6 is 0 Å². The number of aromatic carboxylic acids is 1. The van der Waals surface area contributed by atoms with Crippen molar-refractivity contribution in [2.75, 3.05) is 0 Å². The van der Waals surface area contributed by atoms with Gasteiger partial charge >= 0.3 is 5.97 Å². The fourth-order valence-electron chi connectivity index (χ4n) is 1.73. The largest absolute Gasteiger partial charge is 0.476 e. The maximum absolute atomic E-state index is 13.2. The van der Waals surface area contributed by atoms with Crippen LogP contribution in [0.25, 0.3) is 0 Å². The molecule has 8 nitrogen and oxygen atoms in total. The van der Waals surface area contributed by atoms with E-state index in [0.29, 0.717) is 0 Å². The number of carboxylic acid groups (broad SMARTS) is 1. The molecular weight excluding hydrogens is 271 g/mol. The molecule has 0 bridgehead atoms. The summed E-state index contributed by atoms with van der Waals surface area (Å²) >= 11 is 0. The molecule has 104 valence electrons. The summed E-state index contributed by atoms with van der Waals surface area (Å²) < 4.78 is 14.4. The summed E-state index contributed by atoms with van der Waals surface area (Å²) in [6, 6.07) is 3.05. The Morgan fingerprint density at radius 1 is 1.55 bits per heavy atom. The molecule has 0 aliphatic heterocycles. The van der Waals surface area contributed by atoms with E-state index in [4.69, 9.17) is 5.11 Å². The van der Waals surface area contributed by atoms with Crippen LogP contribution in [-0.4, -0.2) is 31.0 Å². The second kappa shape index (κ2) is 5.03. The molecule has 0 fully saturated rings. The van der Waals surface area contributed by atoms with Gasteiger partial charge in [0.1, 0.15) is 5.82 Å². The van der Waals surface area contributed by atoms with Gasteiger partial charge in [0, 0.05) is 6.07 Å². The third-order valence-electron chi connectivity index (χ3n) is 2.74. The zero-order valence-corrected chi connectivity index (χ0v) is 10.3. The molecule has 0 spiro atoms. The molecule has 1 heterocycles. The van der Waals surface area contributed by atoms with Crippen molar-refractivity contribution in [1.29, 1.82) is 0 Å². The van der Waals surface area contributed by atoms with Crippen molar-refractivity contribution in [1.82, 2.24) is 15.0 Å². The Labute approximate surface area is 111 Å². The zero-order chi connectivity index (χ0) is 14.9. The number of nitrogens with zero attached hydrogens (tertiary/aromatic N) is 4. The van der Waals surface area contributed by atoms with Gasteiger partial charge in [0.15, 0.2) is 5.69 Å². The van der Waals surface area contributed by atoms with E-state index in [2.05, 4.69) is 10.3 Å². The number of halogens is 1. The van der Waals surface area contributed by atoms with Gasteiger partial charge in [-0.25, -0.2) is 13.9 Å². The van der Waals surface area contributed by atoms with E-state index in [-0.39, 0.29) is 29.2 Å². The van der Waals surface area contributed by atoms with Crippen molar-refractivity contribution in [2.24, 2.45) is 0 Å². The van der Waals surface area contributed by atoms with Crippen molar-refractivity contribution in [2.45, 2.75) is 13.5 Å². The Kier molecular flexibility index (Phi) is 3.42. The summed E-state index contributed by atoms with van der Waals surface area (Å²) in [5, 5.41) is 26.8. The van der Waals surface area contributed by atoms with Gasteiger partial charge in [0.05, 0.1) is 22.7 Å². The Bertz CT molecular complexity index is 698. The second-order valence-corrected chi connectivity index (χ2v) is 4.02. The molecule has 1 aromatic carbocycles. The number of carbonyl (C=O) groups is 1. The van der Waals surface area contributed by atoms with Gasteiger partial charge in [0.2, 0.25) is 0 Å². The number of aromatic nitrogens is 3. The van der Waals surface area contributed by atoms with Gasteiger partial charge < -0.3 is 5.11 Å². The lowest BCUT2D eigenvalue weighted by Gasteiger charge is -2.05. The van der Waals surface area contributed by atoms with E-state index in [1.807, 2.05) is 0 Å². The molecule has 2 rings (SSSR count). The van der Waals surface area contributed by atoms with Crippen LogP contribution in [0.15, 0.2) is 18.2 Å². The zero-order valence-electron chi connectivity index (χ0n) is 10.3. The highest BCUT2D eigenvalue weighted by atomic mass is 19.1. The van der Waals surface area contributed by atoms with E-state index in [9.17, 15) is 19.3 Å². The molecule has 20 heavy (non-hydrogen) atoms. The maximum Gasteiger partial charge on any atom is 0.358 e. The summed E-state index contributed by atoms with van der Waals surface area (Å²) in [7, 11) is 0. The molecule has 0 aliphatic carbocycles. The van der Waals surface area contributed by atoms with Crippen molar-refractivity contribution >= 4 is 11.7 Å². The smallest absolute Gasteiger partial charge is 0.358 e. The van der Waals surface area contributed by atoms with Crippen LogP contribution in [0.4, 0.5) is 10.1 Å². The van der Waals surface area contributed by atoms with Gasteiger partial charge in [-0.15, -0.1) is 5.10 Å². The van der Waals surface area contributed by atoms with Crippen LogP contribution in [0.2, 0.25) is 0 Å². The van der Waals surface area contributed by atoms with Crippen molar-refractivity contribution < 1.29 is 19.2 Å². The van der Waals surface area contributed by atoms with Crippen LogP contribution in [0.5, 0.6) is 0 Å². The number of hydrogen-bond donors (Lipinski definition) is 1.